The van der Waals surface area contributed by atoms with E-state index in [1.54, 1.807) is 0 Å². The van der Waals surface area contributed by atoms with Gasteiger partial charge in [-0.25, -0.2) is 9.78 Å². The van der Waals surface area contributed by atoms with E-state index in [0.29, 0.717) is 0 Å². The first kappa shape index (κ1) is 14.8. The smallest absolute Gasteiger partial charge is 0.417 e. The zero-order chi connectivity index (χ0) is 15.6. The molecule has 0 bridgehead atoms. The van der Waals surface area contributed by atoms with Gasteiger partial charge in [-0.3, -0.25) is 0 Å². The van der Waals surface area contributed by atoms with E-state index in [9.17, 15) is 18.0 Å². The first-order chi connectivity index (χ1) is 9.82. The molecule has 0 aliphatic carbocycles. The van der Waals surface area contributed by atoms with E-state index in [0.717, 1.165) is 23.5 Å². The topological polar surface area (TPSA) is 86.0 Å². The van der Waals surface area contributed by atoms with Gasteiger partial charge in [-0.15, -0.1) is 11.3 Å². The molecule has 1 aromatic heterocycles. The minimum Gasteiger partial charge on any atom is -0.476 e. The van der Waals surface area contributed by atoms with Gasteiger partial charge in [0.25, 0.3) is 0 Å². The van der Waals surface area contributed by atoms with E-state index in [1.165, 1.54) is 17.6 Å². The zero-order valence-electron chi connectivity index (χ0n) is 10.1. The van der Waals surface area contributed by atoms with Crippen molar-refractivity contribution in [1.29, 1.82) is 5.26 Å². The molecule has 0 spiro atoms. The maximum absolute atomic E-state index is 12.8. The first-order valence-corrected chi connectivity index (χ1v) is 6.26. The van der Waals surface area contributed by atoms with Gasteiger partial charge in [-0.1, -0.05) is 0 Å². The normalized spacial score (nSPS) is 11.0. The predicted octanol–water partition coefficient (Wildman–Crippen LogP) is 3.48. The highest BCUT2D eigenvalue weighted by atomic mass is 32.1. The molecule has 0 fully saturated rings. The minimum atomic E-state index is -4.67. The van der Waals surface area contributed by atoms with Crippen LogP contribution >= 0.6 is 11.3 Å². The molecule has 0 radical (unpaired) electrons. The third-order valence-electron chi connectivity index (χ3n) is 2.47. The number of carboxylic acids is 1. The van der Waals surface area contributed by atoms with Gasteiger partial charge in [0, 0.05) is 5.69 Å². The molecule has 2 rings (SSSR count). The largest absolute Gasteiger partial charge is 0.476 e. The molecule has 5 nitrogen and oxygen atoms in total. The van der Waals surface area contributed by atoms with Gasteiger partial charge in [0.1, 0.15) is 5.00 Å². The number of hydrogen-bond donors (Lipinski definition) is 2. The molecule has 1 heterocycles. The van der Waals surface area contributed by atoms with Gasteiger partial charge in [-0.2, -0.15) is 18.4 Å². The second-order valence-corrected chi connectivity index (χ2v) is 4.68. The minimum absolute atomic E-state index is 0.0214. The van der Waals surface area contributed by atoms with E-state index in [4.69, 9.17) is 10.4 Å². The third-order valence-corrected chi connectivity index (χ3v) is 3.22. The number of halogens is 3. The Morgan fingerprint density at radius 1 is 1.43 bits per heavy atom. The summed E-state index contributed by atoms with van der Waals surface area (Å²) in [5.41, 5.74) is -0.585. The monoisotopic (exact) mass is 313 g/mol. The highest BCUT2D eigenvalue weighted by Gasteiger charge is 2.34. The summed E-state index contributed by atoms with van der Waals surface area (Å²) in [7, 11) is 0. The van der Waals surface area contributed by atoms with Crippen LogP contribution in [0, 0.1) is 11.3 Å². The molecule has 2 N–H and O–H groups in total. The maximum Gasteiger partial charge on any atom is 0.417 e. The van der Waals surface area contributed by atoms with Crippen molar-refractivity contribution in [2.75, 3.05) is 5.32 Å². The fourth-order valence-corrected chi connectivity index (χ4v) is 2.26. The Hall–Kier alpha value is -2.60. The fraction of sp³-hybridized carbons (Fsp3) is 0.0833. The van der Waals surface area contributed by atoms with E-state index in [-0.39, 0.29) is 16.4 Å². The molecule has 0 saturated heterocycles. The highest BCUT2D eigenvalue weighted by molar-refractivity contribution is 7.14. The SMILES string of the molecule is N#Cc1ccc(Nc2scnc2C(=O)O)cc1C(F)(F)F. The molecule has 0 saturated carbocycles. The molecule has 0 unspecified atom stereocenters. The zero-order valence-corrected chi connectivity index (χ0v) is 10.9. The number of anilines is 2. The lowest BCUT2D eigenvalue weighted by molar-refractivity contribution is -0.137. The molecule has 0 aliphatic rings. The molecule has 2 aromatic rings. The van der Waals surface area contributed by atoms with Gasteiger partial charge < -0.3 is 10.4 Å². The van der Waals surface area contributed by atoms with Crippen LogP contribution in [0.25, 0.3) is 0 Å². The van der Waals surface area contributed by atoms with Crippen LogP contribution in [0.4, 0.5) is 23.9 Å². The summed E-state index contributed by atoms with van der Waals surface area (Å²) in [5.74, 6) is -1.29. The van der Waals surface area contributed by atoms with E-state index in [2.05, 4.69) is 10.3 Å². The molecular weight excluding hydrogens is 307 g/mol. The number of alkyl halides is 3. The number of carbonyl (C=O) groups is 1. The number of rotatable bonds is 3. The van der Waals surface area contributed by atoms with Crippen LogP contribution < -0.4 is 5.32 Å². The van der Waals surface area contributed by atoms with Crippen LogP contribution in [0.5, 0.6) is 0 Å². The molecular formula is C12H6F3N3O2S. The van der Waals surface area contributed by atoms with Crippen molar-refractivity contribution >= 4 is 28.0 Å². The van der Waals surface area contributed by atoms with E-state index in [1.807, 2.05) is 0 Å². The van der Waals surface area contributed by atoms with Crippen molar-refractivity contribution < 1.29 is 23.1 Å². The molecule has 1 aromatic carbocycles. The van der Waals surface area contributed by atoms with Crippen LogP contribution in [-0.2, 0) is 6.18 Å². The van der Waals surface area contributed by atoms with Crippen LogP contribution in [0.3, 0.4) is 0 Å². The van der Waals surface area contributed by atoms with Crippen molar-refractivity contribution in [2.45, 2.75) is 6.18 Å². The molecule has 108 valence electrons. The van der Waals surface area contributed by atoms with Crippen molar-refractivity contribution in [3.8, 4) is 6.07 Å². The third kappa shape index (κ3) is 3.11. The Morgan fingerprint density at radius 3 is 2.71 bits per heavy atom. The number of benzene rings is 1. The van der Waals surface area contributed by atoms with Crippen LogP contribution in [0.2, 0.25) is 0 Å². The van der Waals surface area contributed by atoms with Crippen molar-refractivity contribution in [3.05, 3.63) is 40.5 Å². The number of aromatic nitrogens is 1. The summed E-state index contributed by atoms with van der Waals surface area (Å²) in [4.78, 5) is 14.5. The second-order valence-electron chi connectivity index (χ2n) is 3.83. The van der Waals surface area contributed by atoms with E-state index >= 15 is 0 Å². The average Bonchev–Trinajstić information content (AvgIpc) is 2.86. The Balaban J connectivity index is 2.40. The molecule has 21 heavy (non-hydrogen) atoms. The summed E-state index contributed by atoms with van der Waals surface area (Å²) in [6, 6.07) is 4.50. The number of hydrogen-bond acceptors (Lipinski definition) is 5. The summed E-state index contributed by atoms with van der Waals surface area (Å²) in [5, 5.41) is 20.2. The quantitative estimate of drug-likeness (QED) is 0.906. The Kier molecular flexibility index (Phi) is 3.82. The average molecular weight is 313 g/mol. The Bertz CT molecular complexity index is 734. The van der Waals surface area contributed by atoms with Crippen molar-refractivity contribution in [3.63, 3.8) is 0 Å². The molecule has 0 aliphatic heterocycles. The summed E-state index contributed by atoms with van der Waals surface area (Å²) in [6.07, 6.45) is -4.67. The van der Waals surface area contributed by atoms with Crippen molar-refractivity contribution in [1.82, 2.24) is 4.98 Å². The van der Waals surface area contributed by atoms with E-state index < -0.39 is 23.3 Å². The number of aromatic carboxylic acids is 1. The molecule has 9 heteroatoms. The first-order valence-electron chi connectivity index (χ1n) is 5.38. The second kappa shape index (κ2) is 5.41. The van der Waals surface area contributed by atoms with Gasteiger partial charge in [0.2, 0.25) is 0 Å². The summed E-state index contributed by atoms with van der Waals surface area (Å²) >= 11 is 0.947. The number of nitrogens with zero attached hydrogens (tertiary/aromatic N) is 2. The highest BCUT2D eigenvalue weighted by Crippen LogP contribution is 2.35. The molecule has 0 atom stereocenters. The van der Waals surface area contributed by atoms with Gasteiger partial charge in [-0.05, 0) is 18.2 Å². The van der Waals surface area contributed by atoms with Crippen molar-refractivity contribution in [2.24, 2.45) is 0 Å². The number of nitrogens with one attached hydrogen (secondary N) is 1. The fourth-order valence-electron chi connectivity index (χ4n) is 1.57. The van der Waals surface area contributed by atoms with Gasteiger partial charge >= 0.3 is 12.1 Å². The standard InChI is InChI=1S/C12H6F3N3O2S/c13-12(14,15)8-3-7(2-1-6(8)4-16)18-10-9(11(19)20)17-5-21-10/h1-3,5,18H,(H,19,20). The Labute approximate surface area is 120 Å². The lowest BCUT2D eigenvalue weighted by Crippen LogP contribution is -2.08. The number of carboxylic acid groups (broad SMARTS) is 1. The summed E-state index contributed by atoms with van der Waals surface area (Å²) < 4.78 is 38.5. The number of thiazole rings is 1. The van der Waals surface area contributed by atoms with Crippen LogP contribution in [0.15, 0.2) is 23.7 Å². The van der Waals surface area contributed by atoms with Crippen LogP contribution in [0.1, 0.15) is 21.6 Å². The number of nitriles is 1. The van der Waals surface area contributed by atoms with Gasteiger partial charge in [0.05, 0.1) is 22.7 Å². The lowest BCUT2D eigenvalue weighted by atomic mass is 10.1. The van der Waals surface area contributed by atoms with Crippen LogP contribution in [-0.4, -0.2) is 16.1 Å². The lowest BCUT2D eigenvalue weighted by Gasteiger charge is -2.11. The van der Waals surface area contributed by atoms with Gasteiger partial charge in [0.15, 0.2) is 5.69 Å². The Morgan fingerprint density at radius 2 is 2.14 bits per heavy atom. The maximum atomic E-state index is 12.8. The predicted molar refractivity (Wildman–Crippen MR) is 68.5 cm³/mol. The molecule has 0 amide bonds. The summed E-state index contributed by atoms with van der Waals surface area (Å²) in [6.45, 7) is 0.